The predicted molar refractivity (Wildman–Crippen MR) is 134 cm³/mol. The van der Waals surface area contributed by atoms with Crippen molar-refractivity contribution in [1.82, 2.24) is 10.0 Å². The first kappa shape index (κ1) is 25.3. The van der Waals surface area contributed by atoms with Crippen LogP contribution < -0.4 is 20.7 Å². The van der Waals surface area contributed by atoms with E-state index in [-0.39, 0.29) is 11.4 Å². The number of benzene rings is 3. The molecular formula is C25H25N5O4S. The predicted octanol–water partition coefficient (Wildman–Crippen LogP) is 4.05. The molecular weight excluding hydrogens is 466 g/mol. The second-order valence-electron chi connectivity index (χ2n) is 7.79. The number of amides is 4. The first-order valence-corrected chi connectivity index (χ1v) is 12.2. The zero-order valence-electron chi connectivity index (χ0n) is 19.3. The summed E-state index contributed by atoms with van der Waals surface area (Å²) in [6.45, 7) is 3.68. The molecule has 0 radical (unpaired) electrons. The summed E-state index contributed by atoms with van der Waals surface area (Å²) in [6, 6.07) is 19.3. The van der Waals surface area contributed by atoms with E-state index in [2.05, 4.69) is 22.0 Å². The van der Waals surface area contributed by atoms with Crippen molar-refractivity contribution in [3.05, 3.63) is 89.0 Å². The normalized spacial score (nSPS) is 10.7. The van der Waals surface area contributed by atoms with Gasteiger partial charge in [0, 0.05) is 17.9 Å². The number of nitriles is 1. The van der Waals surface area contributed by atoms with Crippen LogP contribution in [0.25, 0.3) is 0 Å². The zero-order chi connectivity index (χ0) is 25.4. The number of nitrogens with one attached hydrogen (secondary N) is 4. The van der Waals surface area contributed by atoms with Gasteiger partial charge in [-0.3, -0.25) is 0 Å². The van der Waals surface area contributed by atoms with Gasteiger partial charge in [0.1, 0.15) is 0 Å². The minimum Gasteiger partial charge on any atom is -0.337 e. The summed E-state index contributed by atoms with van der Waals surface area (Å²) >= 11 is 0. The number of carbonyl (C=O) groups excluding carboxylic acids is 2. The summed E-state index contributed by atoms with van der Waals surface area (Å²) in [5, 5.41) is 16.9. The molecule has 0 aliphatic heterocycles. The van der Waals surface area contributed by atoms with Crippen LogP contribution in [0.2, 0.25) is 0 Å². The van der Waals surface area contributed by atoms with Crippen molar-refractivity contribution in [2.45, 2.75) is 25.2 Å². The molecule has 180 valence electrons. The zero-order valence-corrected chi connectivity index (χ0v) is 20.1. The quantitative estimate of drug-likeness (QED) is 0.395. The summed E-state index contributed by atoms with van der Waals surface area (Å²) < 4.78 is 26.7. The third-order valence-electron chi connectivity index (χ3n) is 5.12. The molecule has 9 nitrogen and oxygen atoms in total. The van der Waals surface area contributed by atoms with E-state index in [1.54, 1.807) is 74.5 Å². The molecule has 4 N–H and O–H groups in total. The Morgan fingerprint density at radius 2 is 1.60 bits per heavy atom. The number of anilines is 2. The van der Waals surface area contributed by atoms with Gasteiger partial charge >= 0.3 is 12.1 Å². The second-order valence-corrected chi connectivity index (χ2v) is 9.45. The van der Waals surface area contributed by atoms with E-state index >= 15 is 0 Å². The highest BCUT2D eigenvalue weighted by molar-refractivity contribution is 7.90. The number of hydrogen-bond donors (Lipinski definition) is 4. The molecule has 3 rings (SSSR count). The van der Waals surface area contributed by atoms with Crippen LogP contribution in [0.4, 0.5) is 21.0 Å². The molecule has 0 saturated heterocycles. The number of rotatable bonds is 7. The van der Waals surface area contributed by atoms with E-state index in [1.807, 2.05) is 4.72 Å². The maximum atomic E-state index is 12.4. The highest BCUT2D eigenvalue weighted by Gasteiger charge is 2.19. The summed E-state index contributed by atoms with van der Waals surface area (Å²) in [5.41, 5.74) is 3.91. The Hall–Kier alpha value is -4.36. The molecule has 10 heteroatoms. The highest BCUT2D eigenvalue weighted by Crippen LogP contribution is 2.17. The molecule has 0 bridgehead atoms. The van der Waals surface area contributed by atoms with Gasteiger partial charge in [-0.2, -0.15) is 5.26 Å². The van der Waals surface area contributed by atoms with Crippen LogP contribution >= 0.6 is 0 Å². The molecule has 0 aliphatic carbocycles. The standard InChI is InChI=1S/C25H25N5O4S/c1-17-5-3-4-6-23(17)35(33,34)30-24(31)27-14-13-19-7-10-21(11-8-19)28-25(32)29-22-12-9-20(16-26)15-18(22)2/h3-12,15H,13-14H2,1-2H3,(H2,27,30,31)(H2,28,29,32). The number of hydrogen-bond acceptors (Lipinski definition) is 5. The Bertz CT molecular complexity index is 1380. The van der Waals surface area contributed by atoms with E-state index in [0.717, 1.165) is 11.1 Å². The summed E-state index contributed by atoms with van der Waals surface area (Å²) in [7, 11) is -3.95. The van der Waals surface area contributed by atoms with Gasteiger partial charge in [-0.15, -0.1) is 0 Å². The van der Waals surface area contributed by atoms with E-state index in [1.165, 1.54) is 6.07 Å². The maximum absolute atomic E-state index is 12.4. The molecule has 0 heterocycles. The molecule has 0 atom stereocenters. The van der Waals surface area contributed by atoms with Gasteiger partial charge < -0.3 is 16.0 Å². The summed E-state index contributed by atoms with van der Waals surface area (Å²) in [5.74, 6) is 0. The van der Waals surface area contributed by atoms with Gasteiger partial charge in [-0.25, -0.2) is 22.7 Å². The van der Waals surface area contributed by atoms with E-state index in [9.17, 15) is 18.0 Å². The largest absolute Gasteiger partial charge is 0.337 e. The lowest BCUT2D eigenvalue weighted by molar-refractivity contribution is 0.246. The van der Waals surface area contributed by atoms with Gasteiger partial charge in [-0.1, -0.05) is 30.3 Å². The van der Waals surface area contributed by atoms with Crippen LogP contribution in [0.3, 0.4) is 0 Å². The number of carbonyl (C=O) groups is 2. The van der Waals surface area contributed by atoms with Gasteiger partial charge in [-0.05, 0) is 73.4 Å². The van der Waals surface area contributed by atoms with Crippen LogP contribution in [0.1, 0.15) is 22.3 Å². The van der Waals surface area contributed by atoms with E-state index < -0.39 is 22.1 Å². The van der Waals surface area contributed by atoms with Gasteiger partial charge in [0.2, 0.25) is 0 Å². The lowest BCUT2D eigenvalue weighted by Gasteiger charge is -2.11. The van der Waals surface area contributed by atoms with Crippen molar-refractivity contribution < 1.29 is 18.0 Å². The first-order chi connectivity index (χ1) is 16.7. The van der Waals surface area contributed by atoms with Crippen LogP contribution in [-0.4, -0.2) is 27.0 Å². The number of sulfonamides is 1. The molecule has 0 spiro atoms. The first-order valence-electron chi connectivity index (χ1n) is 10.7. The third kappa shape index (κ3) is 7.06. The third-order valence-corrected chi connectivity index (χ3v) is 6.62. The van der Waals surface area contributed by atoms with Crippen molar-refractivity contribution >= 4 is 33.5 Å². The van der Waals surface area contributed by atoms with E-state index in [4.69, 9.17) is 5.26 Å². The van der Waals surface area contributed by atoms with Crippen LogP contribution in [0, 0.1) is 25.2 Å². The second kappa shape index (κ2) is 11.2. The molecule has 0 aliphatic rings. The van der Waals surface area contributed by atoms with Crippen molar-refractivity contribution in [3.63, 3.8) is 0 Å². The van der Waals surface area contributed by atoms with Crippen molar-refractivity contribution in [3.8, 4) is 6.07 Å². The number of aryl methyl sites for hydroxylation is 2. The fourth-order valence-corrected chi connectivity index (χ4v) is 4.48. The van der Waals surface area contributed by atoms with Crippen molar-refractivity contribution in [2.75, 3.05) is 17.2 Å². The van der Waals surface area contributed by atoms with Gasteiger partial charge in [0.25, 0.3) is 10.0 Å². The smallest absolute Gasteiger partial charge is 0.328 e. The monoisotopic (exact) mass is 491 g/mol. The van der Waals surface area contributed by atoms with Gasteiger partial charge in [0.05, 0.1) is 16.5 Å². The summed E-state index contributed by atoms with van der Waals surface area (Å²) in [4.78, 5) is 24.4. The maximum Gasteiger partial charge on any atom is 0.328 e. The average molecular weight is 492 g/mol. The summed E-state index contributed by atoms with van der Waals surface area (Å²) in [6.07, 6.45) is 0.467. The number of urea groups is 2. The fraction of sp³-hybridized carbons (Fsp3) is 0.160. The van der Waals surface area contributed by atoms with Crippen LogP contribution in [0.5, 0.6) is 0 Å². The average Bonchev–Trinajstić information content (AvgIpc) is 2.81. The number of nitrogens with zero attached hydrogens (tertiary/aromatic N) is 1. The Labute approximate surface area is 204 Å². The molecule has 35 heavy (non-hydrogen) atoms. The minimum atomic E-state index is -3.95. The molecule has 0 fully saturated rings. The Morgan fingerprint density at radius 1 is 0.886 bits per heavy atom. The molecule has 4 amide bonds. The van der Waals surface area contributed by atoms with Crippen molar-refractivity contribution in [2.24, 2.45) is 0 Å². The molecule has 0 aromatic heterocycles. The van der Waals surface area contributed by atoms with Crippen LogP contribution in [0.15, 0.2) is 71.6 Å². The minimum absolute atomic E-state index is 0.0524. The Balaban J connectivity index is 1.46. The van der Waals surface area contributed by atoms with Gasteiger partial charge in [0.15, 0.2) is 0 Å². The fourth-order valence-electron chi connectivity index (χ4n) is 3.30. The molecule has 0 saturated carbocycles. The lowest BCUT2D eigenvalue weighted by atomic mass is 10.1. The van der Waals surface area contributed by atoms with E-state index in [0.29, 0.717) is 28.9 Å². The molecule has 3 aromatic carbocycles. The topological polar surface area (TPSA) is 140 Å². The Kier molecular flexibility index (Phi) is 8.07. The highest BCUT2D eigenvalue weighted by atomic mass is 32.2. The van der Waals surface area contributed by atoms with Crippen molar-refractivity contribution in [1.29, 1.82) is 5.26 Å². The molecule has 0 unspecified atom stereocenters. The Morgan fingerprint density at radius 3 is 2.26 bits per heavy atom. The SMILES string of the molecule is Cc1cc(C#N)ccc1NC(=O)Nc1ccc(CCNC(=O)NS(=O)(=O)c2ccccc2C)cc1. The molecule has 3 aromatic rings. The lowest BCUT2D eigenvalue weighted by Crippen LogP contribution is -2.40. The van der Waals surface area contributed by atoms with Crippen LogP contribution in [-0.2, 0) is 16.4 Å².